The van der Waals surface area contributed by atoms with Gasteiger partial charge in [0.1, 0.15) is 11.3 Å². The number of benzene rings is 2. The molecule has 0 radical (unpaired) electrons. The Hall–Kier alpha value is -3.94. The van der Waals surface area contributed by atoms with E-state index in [0.29, 0.717) is 30.7 Å². The molecule has 2 aromatic heterocycles. The third kappa shape index (κ3) is 6.44. The smallest absolute Gasteiger partial charge is 0.231 e. The van der Waals surface area contributed by atoms with Gasteiger partial charge in [0.25, 0.3) is 0 Å². The second-order valence-electron chi connectivity index (χ2n) is 9.67. The van der Waals surface area contributed by atoms with Crippen LogP contribution in [0.1, 0.15) is 67.3 Å². The highest BCUT2D eigenvalue weighted by atomic mass is 16.5. The Labute approximate surface area is 217 Å². The topological polar surface area (TPSA) is 105 Å². The standard InChI is InChI=1S/C29H34N6O2/c1-20-18-23(37-17-9-8-14-25(36)21-10-4-2-5-11-21)15-16-24(20)33-29-34-27-26(30-19-31-27)28(35-29)32-22-12-6-3-7-13-22/h2,4-5,10-11,15-16,18-19,22H,3,6-9,12-14,17H2,1H3,(H3,30,31,32,33,34,35). The number of nitrogens with zero attached hydrogens (tertiary/aromatic N) is 3. The summed E-state index contributed by atoms with van der Waals surface area (Å²) in [6, 6.07) is 15.8. The molecule has 0 amide bonds. The number of rotatable bonds is 11. The first-order chi connectivity index (χ1) is 18.2. The number of Topliss-reactive ketones (excluding diaryl/α,β-unsaturated/α-hetero) is 1. The summed E-state index contributed by atoms with van der Waals surface area (Å²) in [5, 5.41) is 6.96. The fourth-order valence-electron chi connectivity index (χ4n) is 4.77. The molecule has 4 aromatic rings. The number of anilines is 3. The van der Waals surface area contributed by atoms with Crippen LogP contribution >= 0.6 is 0 Å². The number of carbonyl (C=O) groups is 1. The van der Waals surface area contributed by atoms with E-state index in [2.05, 4.69) is 25.6 Å². The lowest BCUT2D eigenvalue weighted by atomic mass is 9.95. The molecule has 0 spiro atoms. The first-order valence-corrected chi connectivity index (χ1v) is 13.2. The average molecular weight is 499 g/mol. The normalized spacial score (nSPS) is 14.0. The van der Waals surface area contributed by atoms with Crippen molar-refractivity contribution in [1.29, 1.82) is 0 Å². The molecule has 2 heterocycles. The number of carbonyl (C=O) groups excluding carboxylic acids is 1. The molecule has 192 valence electrons. The number of unbranched alkanes of at least 4 members (excludes halogenated alkanes) is 1. The fourth-order valence-corrected chi connectivity index (χ4v) is 4.77. The minimum atomic E-state index is 0.180. The first-order valence-electron chi connectivity index (χ1n) is 13.2. The summed E-state index contributed by atoms with van der Waals surface area (Å²) >= 11 is 0. The third-order valence-corrected chi connectivity index (χ3v) is 6.84. The molecule has 3 N–H and O–H groups in total. The zero-order chi connectivity index (χ0) is 25.5. The largest absolute Gasteiger partial charge is 0.494 e. The van der Waals surface area contributed by atoms with Crippen molar-refractivity contribution in [3.63, 3.8) is 0 Å². The zero-order valence-corrected chi connectivity index (χ0v) is 21.3. The summed E-state index contributed by atoms with van der Waals surface area (Å²) in [6.07, 6.45) is 9.94. The molecule has 0 saturated heterocycles. The van der Waals surface area contributed by atoms with E-state index in [1.54, 1.807) is 6.33 Å². The van der Waals surface area contributed by atoms with Crippen molar-refractivity contribution in [3.05, 3.63) is 66.0 Å². The van der Waals surface area contributed by atoms with Crippen molar-refractivity contribution < 1.29 is 9.53 Å². The molecule has 1 aliphatic carbocycles. The number of aromatic amines is 1. The number of ketones is 1. The van der Waals surface area contributed by atoms with Gasteiger partial charge in [-0.3, -0.25) is 4.79 Å². The van der Waals surface area contributed by atoms with Crippen LogP contribution in [0.3, 0.4) is 0 Å². The molecule has 8 heteroatoms. The van der Waals surface area contributed by atoms with Gasteiger partial charge in [0, 0.05) is 23.7 Å². The molecule has 1 saturated carbocycles. The number of aromatic nitrogens is 4. The van der Waals surface area contributed by atoms with Crippen LogP contribution in [-0.4, -0.2) is 38.4 Å². The molecule has 37 heavy (non-hydrogen) atoms. The maximum atomic E-state index is 12.2. The van der Waals surface area contributed by atoms with E-state index in [9.17, 15) is 4.79 Å². The maximum absolute atomic E-state index is 12.2. The number of hydrogen-bond donors (Lipinski definition) is 3. The molecular formula is C29H34N6O2. The molecule has 5 rings (SSSR count). The second kappa shape index (κ2) is 11.9. The van der Waals surface area contributed by atoms with Crippen LogP contribution in [0, 0.1) is 6.92 Å². The molecule has 0 unspecified atom stereocenters. The van der Waals surface area contributed by atoms with Crippen molar-refractivity contribution in [2.75, 3.05) is 17.2 Å². The summed E-state index contributed by atoms with van der Waals surface area (Å²) in [5.41, 5.74) is 4.19. The van der Waals surface area contributed by atoms with Gasteiger partial charge in [-0.05, 0) is 56.4 Å². The van der Waals surface area contributed by atoms with Crippen LogP contribution in [-0.2, 0) is 0 Å². The van der Waals surface area contributed by atoms with Gasteiger partial charge < -0.3 is 20.4 Å². The lowest BCUT2D eigenvalue weighted by molar-refractivity contribution is 0.0978. The Balaban J connectivity index is 1.16. The van der Waals surface area contributed by atoms with Crippen molar-refractivity contribution in [2.45, 2.75) is 64.3 Å². The summed E-state index contributed by atoms with van der Waals surface area (Å²) in [5.74, 6) is 2.29. The summed E-state index contributed by atoms with van der Waals surface area (Å²) < 4.78 is 5.94. The van der Waals surface area contributed by atoms with Crippen LogP contribution < -0.4 is 15.4 Å². The minimum absolute atomic E-state index is 0.180. The first kappa shape index (κ1) is 24.7. The lowest BCUT2D eigenvalue weighted by Crippen LogP contribution is -2.23. The summed E-state index contributed by atoms with van der Waals surface area (Å²) in [7, 11) is 0. The Bertz CT molecular complexity index is 1330. The number of aryl methyl sites for hydroxylation is 1. The van der Waals surface area contributed by atoms with E-state index in [4.69, 9.17) is 9.72 Å². The predicted octanol–water partition coefficient (Wildman–Crippen LogP) is 6.58. The lowest BCUT2D eigenvalue weighted by Gasteiger charge is -2.23. The molecule has 1 fully saturated rings. The van der Waals surface area contributed by atoms with E-state index < -0.39 is 0 Å². The van der Waals surface area contributed by atoms with Crippen molar-refractivity contribution >= 4 is 34.4 Å². The van der Waals surface area contributed by atoms with Crippen LogP contribution in [0.4, 0.5) is 17.5 Å². The Kier molecular flexibility index (Phi) is 7.93. The molecule has 8 nitrogen and oxygen atoms in total. The van der Waals surface area contributed by atoms with Crippen molar-refractivity contribution in [3.8, 4) is 5.75 Å². The number of hydrogen-bond acceptors (Lipinski definition) is 7. The minimum Gasteiger partial charge on any atom is -0.494 e. The van der Waals surface area contributed by atoms with Crippen molar-refractivity contribution in [2.24, 2.45) is 0 Å². The van der Waals surface area contributed by atoms with Gasteiger partial charge in [0.2, 0.25) is 5.95 Å². The molecule has 0 bridgehead atoms. The number of imidazole rings is 1. The number of ether oxygens (including phenoxy) is 1. The number of nitrogens with one attached hydrogen (secondary N) is 3. The van der Waals surface area contributed by atoms with E-state index in [-0.39, 0.29) is 5.78 Å². The highest BCUT2D eigenvalue weighted by molar-refractivity contribution is 5.95. The van der Waals surface area contributed by atoms with E-state index >= 15 is 0 Å². The van der Waals surface area contributed by atoms with E-state index in [1.807, 2.05) is 55.5 Å². The highest BCUT2D eigenvalue weighted by Gasteiger charge is 2.17. The third-order valence-electron chi connectivity index (χ3n) is 6.84. The average Bonchev–Trinajstić information content (AvgIpc) is 3.40. The van der Waals surface area contributed by atoms with Crippen LogP contribution in [0.25, 0.3) is 11.2 Å². The SMILES string of the molecule is Cc1cc(OCCCCC(=O)c2ccccc2)ccc1Nc1nc(NC2CCCCC2)c2[nH]cnc2n1. The maximum Gasteiger partial charge on any atom is 0.231 e. The summed E-state index contributed by atoms with van der Waals surface area (Å²) in [6.45, 7) is 2.60. The van der Waals surface area contributed by atoms with Gasteiger partial charge in [-0.15, -0.1) is 0 Å². The van der Waals surface area contributed by atoms with Gasteiger partial charge in [0.05, 0.1) is 12.9 Å². The Morgan fingerprint density at radius 1 is 1.05 bits per heavy atom. The van der Waals surface area contributed by atoms with Crippen LogP contribution in [0.2, 0.25) is 0 Å². The highest BCUT2D eigenvalue weighted by Crippen LogP contribution is 2.28. The van der Waals surface area contributed by atoms with Gasteiger partial charge in [-0.2, -0.15) is 9.97 Å². The predicted molar refractivity (Wildman–Crippen MR) is 147 cm³/mol. The molecule has 1 aliphatic rings. The van der Waals surface area contributed by atoms with Gasteiger partial charge in [-0.1, -0.05) is 49.6 Å². The quantitative estimate of drug-likeness (QED) is 0.158. The monoisotopic (exact) mass is 498 g/mol. The van der Waals surface area contributed by atoms with Gasteiger partial charge >= 0.3 is 0 Å². The van der Waals surface area contributed by atoms with E-state index in [0.717, 1.165) is 59.6 Å². The zero-order valence-electron chi connectivity index (χ0n) is 21.3. The molecular weight excluding hydrogens is 464 g/mol. The second-order valence-corrected chi connectivity index (χ2v) is 9.67. The fraction of sp³-hybridized carbons (Fsp3) is 0.379. The van der Waals surface area contributed by atoms with Gasteiger partial charge in [-0.25, -0.2) is 4.98 Å². The molecule has 2 aromatic carbocycles. The number of fused-ring (bicyclic) bond motifs is 1. The van der Waals surface area contributed by atoms with Crippen LogP contribution in [0.15, 0.2) is 54.9 Å². The Morgan fingerprint density at radius 3 is 2.70 bits per heavy atom. The van der Waals surface area contributed by atoms with Crippen LogP contribution in [0.5, 0.6) is 5.75 Å². The summed E-state index contributed by atoms with van der Waals surface area (Å²) in [4.78, 5) is 29.1. The van der Waals surface area contributed by atoms with Gasteiger partial charge in [0.15, 0.2) is 17.2 Å². The Morgan fingerprint density at radius 2 is 1.89 bits per heavy atom. The van der Waals surface area contributed by atoms with Crippen molar-refractivity contribution in [1.82, 2.24) is 19.9 Å². The number of H-pyrrole nitrogens is 1. The molecule has 0 atom stereocenters. The molecule has 0 aliphatic heterocycles. The van der Waals surface area contributed by atoms with E-state index in [1.165, 1.54) is 19.3 Å².